The summed E-state index contributed by atoms with van der Waals surface area (Å²) in [5, 5.41) is 20.5. The number of carboxylic acid groups (broad SMARTS) is 1. The van der Waals surface area contributed by atoms with E-state index in [1.54, 1.807) is 24.3 Å². The molecule has 0 saturated carbocycles. The van der Waals surface area contributed by atoms with Gasteiger partial charge in [0, 0.05) is 10.0 Å². The van der Waals surface area contributed by atoms with E-state index >= 15 is 0 Å². The Morgan fingerprint density at radius 1 is 1.24 bits per heavy atom. The summed E-state index contributed by atoms with van der Waals surface area (Å²) in [6.45, 7) is 0.286. The normalized spacial score (nSPS) is 10.7. The van der Waals surface area contributed by atoms with Crippen molar-refractivity contribution in [1.29, 1.82) is 0 Å². The highest BCUT2D eigenvalue weighted by Crippen LogP contribution is 2.23. The molecular formula is C15H12BrNO4. The van der Waals surface area contributed by atoms with Crippen LogP contribution in [0, 0.1) is 0 Å². The number of hydrogen-bond acceptors (Lipinski definition) is 4. The second-order valence-electron chi connectivity index (χ2n) is 4.22. The van der Waals surface area contributed by atoms with Crippen LogP contribution in [0.4, 0.5) is 0 Å². The number of ether oxygens (including phenoxy) is 1. The van der Waals surface area contributed by atoms with Crippen LogP contribution in [0.1, 0.15) is 21.5 Å². The van der Waals surface area contributed by atoms with Gasteiger partial charge in [0.1, 0.15) is 12.4 Å². The molecule has 0 fully saturated rings. The maximum absolute atomic E-state index is 10.8. The zero-order chi connectivity index (χ0) is 15.2. The first-order valence-electron chi connectivity index (χ1n) is 6.02. The van der Waals surface area contributed by atoms with Gasteiger partial charge in [-0.2, -0.15) is 0 Å². The van der Waals surface area contributed by atoms with Crippen LogP contribution in [-0.2, 0) is 6.61 Å². The lowest BCUT2D eigenvalue weighted by Gasteiger charge is -2.09. The van der Waals surface area contributed by atoms with E-state index in [1.165, 1.54) is 18.3 Å². The number of halogens is 1. The fourth-order valence-electron chi connectivity index (χ4n) is 1.72. The minimum Gasteiger partial charge on any atom is -0.488 e. The zero-order valence-electron chi connectivity index (χ0n) is 10.9. The monoisotopic (exact) mass is 349 g/mol. The van der Waals surface area contributed by atoms with Crippen LogP contribution < -0.4 is 4.74 Å². The Morgan fingerprint density at radius 2 is 1.95 bits per heavy atom. The molecular weight excluding hydrogens is 338 g/mol. The van der Waals surface area contributed by atoms with Gasteiger partial charge in [0.25, 0.3) is 0 Å². The van der Waals surface area contributed by atoms with Gasteiger partial charge >= 0.3 is 5.97 Å². The first-order chi connectivity index (χ1) is 10.1. The van der Waals surface area contributed by atoms with Crippen molar-refractivity contribution in [3.8, 4) is 5.75 Å². The van der Waals surface area contributed by atoms with Crippen LogP contribution in [0.5, 0.6) is 5.75 Å². The van der Waals surface area contributed by atoms with E-state index in [0.29, 0.717) is 11.3 Å². The molecule has 2 aromatic rings. The quantitative estimate of drug-likeness (QED) is 0.491. The first kappa shape index (κ1) is 15.1. The molecule has 108 valence electrons. The van der Waals surface area contributed by atoms with Crippen LogP contribution in [0.15, 0.2) is 52.1 Å². The summed E-state index contributed by atoms with van der Waals surface area (Å²) in [6.07, 6.45) is 1.29. The average Bonchev–Trinajstić information content (AvgIpc) is 2.47. The molecule has 0 unspecified atom stereocenters. The summed E-state index contributed by atoms with van der Waals surface area (Å²) in [6, 6.07) is 11.8. The predicted molar refractivity (Wildman–Crippen MR) is 81.3 cm³/mol. The fourth-order valence-corrected chi connectivity index (χ4v) is 2.10. The SMILES string of the molecule is O=C(O)c1ccc(COc2ccc(Br)cc2C=NO)cc1. The number of rotatable bonds is 5. The highest BCUT2D eigenvalue weighted by atomic mass is 79.9. The summed E-state index contributed by atoms with van der Waals surface area (Å²) in [4.78, 5) is 10.8. The Hall–Kier alpha value is -2.34. The molecule has 0 atom stereocenters. The van der Waals surface area contributed by atoms with Crippen LogP contribution >= 0.6 is 15.9 Å². The maximum Gasteiger partial charge on any atom is 0.335 e. The van der Waals surface area contributed by atoms with Gasteiger partial charge < -0.3 is 15.1 Å². The number of oxime groups is 1. The fraction of sp³-hybridized carbons (Fsp3) is 0.0667. The first-order valence-corrected chi connectivity index (χ1v) is 6.81. The molecule has 0 aliphatic carbocycles. The van der Waals surface area contributed by atoms with Crippen molar-refractivity contribution in [2.24, 2.45) is 5.16 Å². The molecule has 2 aromatic carbocycles. The van der Waals surface area contributed by atoms with E-state index in [2.05, 4.69) is 21.1 Å². The molecule has 5 nitrogen and oxygen atoms in total. The van der Waals surface area contributed by atoms with E-state index in [-0.39, 0.29) is 12.2 Å². The molecule has 2 N–H and O–H groups in total. The summed E-state index contributed by atoms with van der Waals surface area (Å²) < 4.78 is 6.50. The second-order valence-corrected chi connectivity index (χ2v) is 5.13. The van der Waals surface area contributed by atoms with Crippen molar-refractivity contribution >= 4 is 28.1 Å². The Kier molecular flexibility index (Phi) is 4.94. The minimum atomic E-state index is -0.961. The molecule has 21 heavy (non-hydrogen) atoms. The van der Waals surface area contributed by atoms with E-state index in [4.69, 9.17) is 15.1 Å². The third-order valence-corrected chi connectivity index (χ3v) is 3.26. The van der Waals surface area contributed by atoms with Crippen LogP contribution in [-0.4, -0.2) is 22.5 Å². The third kappa shape index (κ3) is 4.06. The third-order valence-electron chi connectivity index (χ3n) is 2.76. The van der Waals surface area contributed by atoms with Crippen molar-refractivity contribution in [2.75, 3.05) is 0 Å². The second kappa shape index (κ2) is 6.90. The Morgan fingerprint density at radius 3 is 2.57 bits per heavy atom. The van der Waals surface area contributed by atoms with E-state index in [0.717, 1.165) is 10.0 Å². The highest BCUT2D eigenvalue weighted by Gasteiger charge is 2.05. The van der Waals surface area contributed by atoms with Crippen LogP contribution in [0.25, 0.3) is 0 Å². The lowest BCUT2D eigenvalue weighted by molar-refractivity contribution is 0.0697. The topological polar surface area (TPSA) is 79.1 Å². The van der Waals surface area contributed by atoms with Crippen molar-refractivity contribution in [3.63, 3.8) is 0 Å². The predicted octanol–water partition coefficient (Wildman–Crippen LogP) is 3.53. The van der Waals surface area contributed by atoms with Gasteiger partial charge in [-0.25, -0.2) is 4.79 Å². The van der Waals surface area contributed by atoms with Gasteiger partial charge in [-0.1, -0.05) is 33.2 Å². The van der Waals surface area contributed by atoms with Crippen molar-refractivity contribution in [2.45, 2.75) is 6.61 Å². The van der Waals surface area contributed by atoms with E-state index < -0.39 is 5.97 Å². The molecule has 0 aliphatic heterocycles. The summed E-state index contributed by atoms with van der Waals surface area (Å²) in [5.74, 6) is -0.393. The maximum atomic E-state index is 10.8. The average molecular weight is 350 g/mol. The van der Waals surface area contributed by atoms with Crippen molar-refractivity contribution in [1.82, 2.24) is 0 Å². The summed E-state index contributed by atoms with van der Waals surface area (Å²) in [7, 11) is 0. The lowest BCUT2D eigenvalue weighted by Crippen LogP contribution is -2.00. The van der Waals surface area contributed by atoms with E-state index in [1.807, 2.05) is 6.07 Å². The molecule has 0 bridgehead atoms. The zero-order valence-corrected chi connectivity index (χ0v) is 12.4. The van der Waals surface area contributed by atoms with Crippen molar-refractivity contribution in [3.05, 3.63) is 63.6 Å². The Balaban J connectivity index is 2.10. The molecule has 6 heteroatoms. The lowest BCUT2D eigenvalue weighted by atomic mass is 10.1. The number of carboxylic acids is 1. The van der Waals surface area contributed by atoms with Crippen molar-refractivity contribution < 1.29 is 19.8 Å². The molecule has 0 aliphatic rings. The van der Waals surface area contributed by atoms with Gasteiger partial charge in [0.15, 0.2) is 0 Å². The molecule has 0 saturated heterocycles. The molecule has 0 spiro atoms. The van der Waals surface area contributed by atoms with E-state index in [9.17, 15) is 4.79 Å². The number of carbonyl (C=O) groups is 1. The standard InChI is InChI=1S/C15H12BrNO4/c16-13-5-6-14(12(7-13)8-17-20)21-9-10-1-3-11(4-2-10)15(18)19/h1-8,20H,9H2,(H,18,19). The summed E-state index contributed by atoms with van der Waals surface area (Å²) >= 11 is 3.33. The van der Waals surface area contributed by atoms with Gasteiger partial charge in [-0.15, -0.1) is 0 Å². The van der Waals surface area contributed by atoms with Gasteiger partial charge in [-0.05, 0) is 35.9 Å². The Bertz CT molecular complexity index is 668. The highest BCUT2D eigenvalue weighted by molar-refractivity contribution is 9.10. The molecule has 2 rings (SSSR count). The smallest absolute Gasteiger partial charge is 0.335 e. The molecule has 0 heterocycles. The number of nitrogens with zero attached hydrogens (tertiary/aromatic N) is 1. The number of aromatic carboxylic acids is 1. The summed E-state index contributed by atoms with van der Waals surface area (Å²) in [5.41, 5.74) is 1.71. The number of hydrogen-bond donors (Lipinski definition) is 2. The van der Waals surface area contributed by atoms with Gasteiger partial charge in [0.05, 0.1) is 11.8 Å². The number of benzene rings is 2. The van der Waals surface area contributed by atoms with Crippen LogP contribution in [0.3, 0.4) is 0 Å². The largest absolute Gasteiger partial charge is 0.488 e. The molecule has 0 radical (unpaired) electrons. The van der Waals surface area contributed by atoms with Gasteiger partial charge in [0.2, 0.25) is 0 Å². The van der Waals surface area contributed by atoms with Gasteiger partial charge in [-0.3, -0.25) is 0 Å². The minimum absolute atomic E-state index is 0.232. The molecule has 0 aromatic heterocycles. The molecule has 0 amide bonds. The van der Waals surface area contributed by atoms with Crippen LogP contribution in [0.2, 0.25) is 0 Å². The Labute approximate surface area is 129 Å².